The van der Waals surface area contributed by atoms with Gasteiger partial charge in [0.2, 0.25) is 0 Å². The third kappa shape index (κ3) is 6.19. The predicted molar refractivity (Wildman–Crippen MR) is 104 cm³/mol. The van der Waals surface area contributed by atoms with Crippen LogP contribution in [0.5, 0.6) is 5.75 Å². The number of carboxylic acid groups (broad SMARTS) is 1. The Bertz CT molecular complexity index is 676. The number of unbranched alkanes of at least 4 members (excludes halogenated alkanes) is 1. The van der Waals surface area contributed by atoms with E-state index in [1.807, 2.05) is 36.4 Å². The van der Waals surface area contributed by atoms with Gasteiger partial charge >= 0.3 is 5.97 Å². The van der Waals surface area contributed by atoms with Crippen LogP contribution in [-0.2, 0) is 4.74 Å². The number of rotatable bonds is 10. The van der Waals surface area contributed by atoms with Crippen LogP contribution in [0.2, 0.25) is 0 Å². The van der Waals surface area contributed by atoms with Crippen LogP contribution in [-0.4, -0.2) is 29.9 Å². The first kappa shape index (κ1) is 20.0. The molecule has 0 aromatic heterocycles. The Balaban J connectivity index is 1.89. The summed E-state index contributed by atoms with van der Waals surface area (Å²) < 4.78 is 11.7. The van der Waals surface area contributed by atoms with E-state index in [-0.39, 0.29) is 17.8 Å². The zero-order valence-electron chi connectivity index (χ0n) is 15.8. The van der Waals surface area contributed by atoms with E-state index in [1.165, 1.54) is 0 Å². The van der Waals surface area contributed by atoms with Crippen molar-refractivity contribution in [2.24, 2.45) is 0 Å². The van der Waals surface area contributed by atoms with Gasteiger partial charge in [-0.05, 0) is 55.7 Å². The first-order valence-corrected chi connectivity index (χ1v) is 9.21. The van der Waals surface area contributed by atoms with Crippen molar-refractivity contribution >= 4 is 5.97 Å². The Morgan fingerprint density at radius 3 is 2.08 bits per heavy atom. The van der Waals surface area contributed by atoms with Crippen LogP contribution < -0.4 is 4.74 Å². The van der Waals surface area contributed by atoms with Crippen molar-refractivity contribution in [3.63, 3.8) is 0 Å². The highest BCUT2D eigenvalue weighted by molar-refractivity contribution is 5.88. The molecule has 0 radical (unpaired) electrons. The Morgan fingerprint density at radius 2 is 1.54 bits per heavy atom. The van der Waals surface area contributed by atoms with Gasteiger partial charge in [-0.25, -0.2) is 4.79 Å². The second-order valence-electron chi connectivity index (χ2n) is 6.61. The highest BCUT2D eigenvalue weighted by atomic mass is 16.5. The lowest BCUT2D eigenvalue weighted by Crippen LogP contribution is -2.21. The predicted octanol–water partition coefficient (Wildman–Crippen LogP) is 5.41. The number of hydrogen-bond acceptors (Lipinski definition) is 3. The molecule has 0 saturated heterocycles. The van der Waals surface area contributed by atoms with E-state index in [0.29, 0.717) is 0 Å². The van der Waals surface area contributed by atoms with Crippen LogP contribution in [0.3, 0.4) is 0 Å². The van der Waals surface area contributed by atoms with Gasteiger partial charge in [0.25, 0.3) is 0 Å². The van der Waals surface area contributed by atoms with E-state index in [2.05, 4.69) is 20.8 Å². The van der Waals surface area contributed by atoms with Crippen LogP contribution >= 0.6 is 0 Å². The molecule has 0 amide bonds. The largest absolute Gasteiger partial charge is 0.491 e. The fraction of sp³-hybridized carbons (Fsp3) is 0.409. The average Bonchev–Trinajstić information content (AvgIpc) is 2.62. The molecule has 0 saturated carbocycles. The SMILES string of the molecule is CCCCO[C@H](C)C[C@H](C)Oc1ccc(-c2ccc(C(=O)O)cc2)cc1. The summed E-state index contributed by atoms with van der Waals surface area (Å²) in [6.45, 7) is 7.10. The summed E-state index contributed by atoms with van der Waals surface area (Å²) in [5.74, 6) is -0.0913. The molecule has 0 aliphatic heterocycles. The second kappa shape index (κ2) is 9.97. The Morgan fingerprint density at radius 1 is 0.962 bits per heavy atom. The third-order valence-corrected chi connectivity index (χ3v) is 4.22. The van der Waals surface area contributed by atoms with Gasteiger partial charge in [-0.15, -0.1) is 0 Å². The average molecular weight is 356 g/mol. The van der Waals surface area contributed by atoms with Gasteiger partial charge in [0.15, 0.2) is 0 Å². The van der Waals surface area contributed by atoms with Crippen molar-refractivity contribution in [1.29, 1.82) is 0 Å². The topological polar surface area (TPSA) is 55.8 Å². The highest BCUT2D eigenvalue weighted by Gasteiger charge is 2.11. The summed E-state index contributed by atoms with van der Waals surface area (Å²) >= 11 is 0. The monoisotopic (exact) mass is 356 g/mol. The lowest BCUT2D eigenvalue weighted by molar-refractivity contribution is 0.0333. The first-order chi connectivity index (χ1) is 12.5. The van der Waals surface area contributed by atoms with E-state index in [4.69, 9.17) is 14.6 Å². The van der Waals surface area contributed by atoms with E-state index in [9.17, 15) is 4.79 Å². The number of carbonyl (C=O) groups is 1. The maximum absolute atomic E-state index is 10.9. The maximum Gasteiger partial charge on any atom is 0.335 e. The van der Waals surface area contributed by atoms with Crippen molar-refractivity contribution in [1.82, 2.24) is 0 Å². The summed E-state index contributed by atoms with van der Waals surface area (Å²) in [6.07, 6.45) is 3.34. The molecule has 4 nitrogen and oxygen atoms in total. The summed E-state index contributed by atoms with van der Waals surface area (Å²) in [5.41, 5.74) is 2.29. The standard InChI is InChI=1S/C22H28O4/c1-4-5-14-25-16(2)15-17(3)26-21-12-10-19(11-13-21)18-6-8-20(9-7-18)22(23)24/h6-13,16-17H,4-5,14-15H2,1-3H3,(H,23,24)/t16-,17+/m1/s1. The molecule has 2 aromatic carbocycles. The quantitative estimate of drug-likeness (QED) is 0.578. The molecule has 2 atom stereocenters. The van der Waals surface area contributed by atoms with Crippen molar-refractivity contribution in [3.05, 3.63) is 54.1 Å². The van der Waals surface area contributed by atoms with Crippen molar-refractivity contribution in [2.75, 3.05) is 6.61 Å². The van der Waals surface area contributed by atoms with Gasteiger partial charge in [-0.1, -0.05) is 37.6 Å². The molecule has 0 aliphatic rings. The van der Waals surface area contributed by atoms with Gasteiger partial charge < -0.3 is 14.6 Å². The van der Waals surface area contributed by atoms with E-state index >= 15 is 0 Å². The summed E-state index contributed by atoms with van der Waals surface area (Å²) in [4.78, 5) is 10.9. The molecular weight excluding hydrogens is 328 g/mol. The normalized spacial score (nSPS) is 13.2. The van der Waals surface area contributed by atoms with Crippen molar-refractivity contribution < 1.29 is 19.4 Å². The minimum absolute atomic E-state index is 0.0762. The first-order valence-electron chi connectivity index (χ1n) is 9.21. The van der Waals surface area contributed by atoms with Crippen LogP contribution in [0.1, 0.15) is 50.4 Å². The third-order valence-electron chi connectivity index (χ3n) is 4.22. The number of ether oxygens (including phenoxy) is 2. The molecule has 0 aliphatic carbocycles. The van der Waals surface area contributed by atoms with Crippen LogP contribution in [0.15, 0.2) is 48.5 Å². The zero-order chi connectivity index (χ0) is 18.9. The number of hydrogen-bond donors (Lipinski definition) is 1. The summed E-state index contributed by atoms with van der Waals surface area (Å²) in [7, 11) is 0. The molecule has 0 unspecified atom stereocenters. The molecule has 0 fully saturated rings. The van der Waals surface area contributed by atoms with E-state index in [1.54, 1.807) is 12.1 Å². The fourth-order valence-electron chi connectivity index (χ4n) is 2.78. The van der Waals surface area contributed by atoms with Crippen molar-refractivity contribution in [3.8, 4) is 16.9 Å². The molecule has 2 rings (SSSR count). The van der Waals surface area contributed by atoms with Gasteiger partial charge in [0, 0.05) is 13.0 Å². The second-order valence-corrected chi connectivity index (χ2v) is 6.61. The van der Waals surface area contributed by atoms with Gasteiger partial charge in [-0.2, -0.15) is 0 Å². The highest BCUT2D eigenvalue weighted by Crippen LogP contribution is 2.24. The maximum atomic E-state index is 10.9. The fourth-order valence-corrected chi connectivity index (χ4v) is 2.78. The minimum atomic E-state index is -0.915. The van der Waals surface area contributed by atoms with E-state index in [0.717, 1.165) is 42.7 Å². The molecule has 26 heavy (non-hydrogen) atoms. The van der Waals surface area contributed by atoms with Crippen molar-refractivity contribution in [2.45, 2.75) is 52.2 Å². The lowest BCUT2D eigenvalue weighted by Gasteiger charge is -2.19. The number of benzene rings is 2. The van der Waals surface area contributed by atoms with Gasteiger partial charge in [-0.3, -0.25) is 0 Å². The summed E-state index contributed by atoms with van der Waals surface area (Å²) in [6, 6.07) is 14.7. The van der Waals surface area contributed by atoms with Gasteiger partial charge in [0.05, 0.1) is 17.8 Å². The van der Waals surface area contributed by atoms with Crippen LogP contribution in [0.25, 0.3) is 11.1 Å². The lowest BCUT2D eigenvalue weighted by atomic mass is 10.0. The minimum Gasteiger partial charge on any atom is -0.491 e. The zero-order valence-corrected chi connectivity index (χ0v) is 15.8. The molecule has 2 aromatic rings. The van der Waals surface area contributed by atoms with Crippen LogP contribution in [0.4, 0.5) is 0 Å². The smallest absolute Gasteiger partial charge is 0.335 e. The molecule has 4 heteroatoms. The number of carboxylic acids is 1. The Labute approximate surface area is 155 Å². The molecule has 0 bridgehead atoms. The Kier molecular flexibility index (Phi) is 7.67. The molecule has 0 heterocycles. The molecular formula is C22H28O4. The summed E-state index contributed by atoms with van der Waals surface area (Å²) in [5, 5.41) is 8.96. The van der Waals surface area contributed by atoms with Crippen LogP contribution in [0, 0.1) is 0 Å². The number of aromatic carboxylic acids is 1. The van der Waals surface area contributed by atoms with E-state index < -0.39 is 5.97 Å². The van der Waals surface area contributed by atoms with Gasteiger partial charge in [0.1, 0.15) is 5.75 Å². The Hall–Kier alpha value is -2.33. The molecule has 0 spiro atoms. The molecule has 140 valence electrons. The molecule has 1 N–H and O–H groups in total.